The predicted molar refractivity (Wildman–Crippen MR) is 200 cm³/mol. The molecule has 0 amide bonds. The van der Waals surface area contributed by atoms with Gasteiger partial charge in [-0.3, -0.25) is 4.90 Å². The third kappa shape index (κ3) is 8.04. The van der Waals surface area contributed by atoms with Crippen LogP contribution >= 0.6 is 22.9 Å². The number of fused-ring (bicyclic) bond motifs is 3. The number of anilines is 1. The Balaban J connectivity index is 0.000000174. The zero-order valence-corrected chi connectivity index (χ0v) is 30.9. The minimum Gasteiger partial charge on any atom is -0.494 e. The Bertz CT molecular complexity index is 2000. The average molecular weight is 754 g/mol. The number of rotatable bonds is 4. The summed E-state index contributed by atoms with van der Waals surface area (Å²) in [6.07, 6.45) is 11.1. The molecule has 9 nitrogen and oxygen atoms in total. The number of methoxy groups -OCH3 is 2. The van der Waals surface area contributed by atoms with E-state index in [-0.39, 0.29) is 64.9 Å². The Morgan fingerprint density at radius 3 is 2.29 bits per heavy atom. The fourth-order valence-corrected chi connectivity index (χ4v) is 8.62. The van der Waals surface area contributed by atoms with E-state index in [0.29, 0.717) is 18.6 Å². The number of nitrogens with zero attached hydrogens (tertiary/aromatic N) is 4. The molecule has 3 saturated heterocycles. The Morgan fingerprint density at radius 1 is 1.04 bits per heavy atom. The van der Waals surface area contributed by atoms with Crippen molar-refractivity contribution in [2.45, 2.75) is 82.1 Å². The van der Waals surface area contributed by atoms with Crippen LogP contribution in [0.5, 0.6) is 11.6 Å². The number of pyridine rings is 1. The molecule has 2 saturated carbocycles. The zero-order chi connectivity index (χ0) is 37.1. The molecule has 5 N–H and O–H groups in total. The number of benzene rings is 2. The second-order valence-corrected chi connectivity index (χ2v) is 15.3. The lowest BCUT2D eigenvalue weighted by Gasteiger charge is -2.15. The summed E-state index contributed by atoms with van der Waals surface area (Å²) in [7, 11) is 2.62. The van der Waals surface area contributed by atoms with Crippen LogP contribution in [0.15, 0.2) is 18.2 Å². The Hall–Kier alpha value is -3.85. The lowest BCUT2D eigenvalue weighted by atomic mass is 9.96. The summed E-state index contributed by atoms with van der Waals surface area (Å²) in [5.41, 5.74) is 11.4. The first-order chi connectivity index (χ1) is 25.1. The molecule has 0 radical (unpaired) electrons. The summed E-state index contributed by atoms with van der Waals surface area (Å²) >= 11 is 7.34. The van der Waals surface area contributed by atoms with E-state index in [0.717, 1.165) is 42.3 Å². The number of halogens is 4. The van der Waals surface area contributed by atoms with Gasteiger partial charge in [0, 0.05) is 47.6 Å². The van der Waals surface area contributed by atoms with Crippen molar-refractivity contribution in [2.24, 2.45) is 11.7 Å². The summed E-state index contributed by atoms with van der Waals surface area (Å²) in [6.45, 7) is 3.17. The van der Waals surface area contributed by atoms with Gasteiger partial charge in [0.05, 0.1) is 29.5 Å². The quantitative estimate of drug-likeness (QED) is 0.177. The second kappa shape index (κ2) is 16.4. The molecule has 276 valence electrons. The number of hydrogen-bond acceptors (Lipinski definition) is 10. The molecule has 0 bridgehead atoms. The highest BCUT2D eigenvalue weighted by Gasteiger charge is 2.37. The van der Waals surface area contributed by atoms with E-state index in [4.69, 9.17) is 32.5 Å². The van der Waals surface area contributed by atoms with E-state index in [1.165, 1.54) is 84.3 Å². The standard InChI is InChI=1S/C21H11ClF2N4O2S.C7H12FN.C5H9N.C5H11N/c1-29-18-9-5-12(22)15(16(24)17(9)28-21(30-2)11(18)7-26)8-3-4-13(23)19-14(8)10(6-25)20(27)31-19;8-6-4-7-2-1-3-9(7)5-6;1-2-4(1)5-3-6-5;6-5-3-1-2-4-5/h3-5H,27H2,1-2H3;6-7H,1-5H2;4-6H,1-3H2;5H,1-4,6H2. The highest BCUT2D eigenvalue weighted by atomic mass is 35.5. The molecule has 3 aliphatic heterocycles. The molecule has 2 aliphatic carbocycles. The van der Waals surface area contributed by atoms with Gasteiger partial charge in [0.1, 0.15) is 34.6 Å². The summed E-state index contributed by atoms with van der Waals surface area (Å²) in [6, 6.07) is 9.88. The minimum absolute atomic E-state index is 0.0118. The van der Waals surface area contributed by atoms with Crippen LogP contribution in [-0.4, -0.2) is 68.0 Å². The van der Waals surface area contributed by atoms with Gasteiger partial charge in [0.2, 0.25) is 5.88 Å². The molecule has 9 rings (SSSR count). The maximum absolute atomic E-state index is 15.8. The summed E-state index contributed by atoms with van der Waals surface area (Å²) < 4.78 is 53.3. The van der Waals surface area contributed by atoms with Crippen molar-refractivity contribution < 1.29 is 22.6 Å². The van der Waals surface area contributed by atoms with E-state index in [9.17, 15) is 19.3 Å². The zero-order valence-electron chi connectivity index (χ0n) is 29.3. The van der Waals surface area contributed by atoms with Crippen LogP contribution < -0.4 is 26.3 Å². The van der Waals surface area contributed by atoms with Crippen molar-refractivity contribution in [2.75, 3.05) is 39.6 Å². The van der Waals surface area contributed by atoms with E-state index >= 15 is 4.39 Å². The number of alkyl halides is 1. The van der Waals surface area contributed by atoms with Crippen molar-refractivity contribution in [3.8, 4) is 34.9 Å². The number of nitrogens with one attached hydrogen (secondary N) is 1. The summed E-state index contributed by atoms with van der Waals surface area (Å²) in [4.78, 5) is 6.41. The second-order valence-electron chi connectivity index (χ2n) is 13.9. The SMILES string of the molecule is C1CC1C1CN1.COc1nc2c(F)c(-c3ccc(F)c4sc(N)c(C#N)c34)c(Cl)cc2c(OC)c1C#N.FC1CC2CCCN2C1.NC1CCCC1. The first-order valence-corrected chi connectivity index (χ1v) is 18.9. The fourth-order valence-electron chi connectivity index (χ4n) is 7.38. The van der Waals surface area contributed by atoms with Gasteiger partial charge < -0.3 is 26.3 Å². The van der Waals surface area contributed by atoms with Crippen molar-refractivity contribution in [3.63, 3.8) is 0 Å². The highest BCUT2D eigenvalue weighted by molar-refractivity contribution is 7.23. The van der Waals surface area contributed by atoms with E-state index in [1.54, 1.807) is 0 Å². The van der Waals surface area contributed by atoms with Crippen LogP contribution in [0.2, 0.25) is 5.02 Å². The van der Waals surface area contributed by atoms with Crippen LogP contribution in [0.25, 0.3) is 32.1 Å². The lowest BCUT2D eigenvalue weighted by Crippen LogP contribution is -2.22. The van der Waals surface area contributed by atoms with Crippen LogP contribution in [0, 0.1) is 40.2 Å². The number of nitrogens with two attached hydrogens (primary N) is 2. The maximum Gasteiger partial charge on any atom is 0.235 e. The van der Waals surface area contributed by atoms with E-state index in [1.807, 2.05) is 12.1 Å². The van der Waals surface area contributed by atoms with Gasteiger partial charge in [-0.15, -0.1) is 11.3 Å². The van der Waals surface area contributed by atoms with Crippen molar-refractivity contribution >= 4 is 48.9 Å². The van der Waals surface area contributed by atoms with Gasteiger partial charge >= 0.3 is 0 Å². The normalized spacial score (nSPS) is 21.9. The monoisotopic (exact) mass is 753 g/mol. The Labute approximate surface area is 310 Å². The largest absolute Gasteiger partial charge is 0.494 e. The van der Waals surface area contributed by atoms with Gasteiger partial charge in [0.25, 0.3) is 0 Å². The number of aromatic nitrogens is 1. The molecular weight excluding hydrogens is 711 g/mol. The summed E-state index contributed by atoms with van der Waals surface area (Å²) in [5, 5.41) is 22.7. The van der Waals surface area contributed by atoms with Crippen molar-refractivity contribution in [1.82, 2.24) is 15.2 Å². The Kier molecular flexibility index (Phi) is 12.0. The first kappa shape index (κ1) is 37.9. The molecular formula is C38H43ClF3N7O2S. The number of hydrogen-bond donors (Lipinski definition) is 3. The number of nitriles is 2. The molecule has 4 aromatic rings. The van der Waals surface area contributed by atoms with Gasteiger partial charge in [0.15, 0.2) is 17.1 Å². The summed E-state index contributed by atoms with van der Waals surface area (Å²) in [5.74, 6) is -0.399. The molecule has 5 aliphatic rings. The van der Waals surface area contributed by atoms with Gasteiger partial charge in [-0.05, 0) is 75.1 Å². The molecule has 5 heterocycles. The predicted octanol–water partition coefficient (Wildman–Crippen LogP) is 7.84. The minimum atomic E-state index is -0.842. The number of ether oxygens (including phenoxy) is 2. The third-order valence-electron chi connectivity index (χ3n) is 10.3. The smallest absolute Gasteiger partial charge is 0.235 e. The number of nitrogen functional groups attached to an aromatic ring is 1. The molecule has 52 heavy (non-hydrogen) atoms. The van der Waals surface area contributed by atoms with E-state index < -0.39 is 17.8 Å². The maximum atomic E-state index is 15.8. The van der Waals surface area contributed by atoms with Gasteiger partial charge in [-0.2, -0.15) is 10.5 Å². The highest BCUT2D eigenvalue weighted by Crippen LogP contribution is 2.46. The van der Waals surface area contributed by atoms with Crippen LogP contribution in [-0.2, 0) is 0 Å². The fraction of sp³-hybridized carbons (Fsp3) is 0.500. The molecule has 3 unspecified atom stereocenters. The molecule has 3 atom stereocenters. The molecule has 14 heteroatoms. The average Bonchev–Trinajstić information content (AvgIpc) is 3.99. The lowest BCUT2D eigenvalue weighted by molar-refractivity contribution is 0.292. The van der Waals surface area contributed by atoms with E-state index in [2.05, 4.69) is 15.2 Å². The van der Waals surface area contributed by atoms with Gasteiger partial charge in [-0.1, -0.05) is 30.5 Å². The third-order valence-corrected chi connectivity index (χ3v) is 11.6. The molecule has 0 spiro atoms. The molecule has 5 fully saturated rings. The topological polar surface area (TPSA) is 156 Å². The first-order valence-electron chi connectivity index (χ1n) is 17.7. The van der Waals surface area contributed by atoms with Crippen molar-refractivity contribution in [3.05, 3.63) is 46.0 Å². The van der Waals surface area contributed by atoms with Gasteiger partial charge in [-0.25, -0.2) is 18.2 Å². The van der Waals surface area contributed by atoms with Crippen LogP contribution in [0.1, 0.15) is 68.9 Å². The van der Waals surface area contributed by atoms with Crippen LogP contribution in [0.4, 0.5) is 18.2 Å². The molecule has 2 aromatic carbocycles. The molecule has 2 aromatic heterocycles. The van der Waals surface area contributed by atoms with Crippen LogP contribution in [0.3, 0.4) is 0 Å². The van der Waals surface area contributed by atoms with Crippen molar-refractivity contribution in [1.29, 1.82) is 10.5 Å². The Morgan fingerprint density at radius 2 is 1.75 bits per heavy atom. The number of thiophene rings is 1.